The van der Waals surface area contributed by atoms with Crippen LogP contribution in [0.3, 0.4) is 0 Å². The van der Waals surface area contributed by atoms with E-state index in [1.807, 2.05) is 0 Å². The SMILES string of the molecule is Cl.O=C(NCc1ccccc1OC(F)(F)F)[C@@H]1CCCN1. The van der Waals surface area contributed by atoms with Crippen LogP contribution in [0.1, 0.15) is 18.4 Å². The lowest BCUT2D eigenvalue weighted by Gasteiger charge is -2.15. The molecule has 0 unspecified atom stereocenters. The van der Waals surface area contributed by atoms with Gasteiger partial charge in [-0.15, -0.1) is 25.6 Å². The Bertz CT molecular complexity index is 477. The normalized spacial score (nSPS) is 18.0. The Labute approximate surface area is 126 Å². The van der Waals surface area contributed by atoms with E-state index < -0.39 is 6.36 Å². The van der Waals surface area contributed by atoms with Crippen molar-refractivity contribution in [2.75, 3.05) is 6.54 Å². The fraction of sp³-hybridized carbons (Fsp3) is 0.462. The van der Waals surface area contributed by atoms with Gasteiger partial charge in [-0.1, -0.05) is 18.2 Å². The van der Waals surface area contributed by atoms with Gasteiger partial charge in [-0.2, -0.15) is 0 Å². The molecule has 8 heteroatoms. The Kier molecular flexibility index (Phi) is 6.29. The van der Waals surface area contributed by atoms with Gasteiger partial charge in [0.2, 0.25) is 5.91 Å². The minimum absolute atomic E-state index is 0. The number of amides is 1. The van der Waals surface area contributed by atoms with E-state index in [9.17, 15) is 18.0 Å². The Balaban J connectivity index is 0.00000220. The summed E-state index contributed by atoms with van der Waals surface area (Å²) in [5.41, 5.74) is 0.288. The van der Waals surface area contributed by atoms with Gasteiger partial charge >= 0.3 is 6.36 Å². The number of halogens is 4. The highest BCUT2D eigenvalue weighted by molar-refractivity contribution is 5.85. The van der Waals surface area contributed by atoms with Gasteiger partial charge in [0.15, 0.2) is 0 Å². The third-order valence-electron chi connectivity index (χ3n) is 3.03. The second kappa shape index (κ2) is 7.51. The number of nitrogens with one attached hydrogen (secondary N) is 2. The first-order valence-corrected chi connectivity index (χ1v) is 6.30. The lowest BCUT2D eigenvalue weighted by atomic mass is 10.2. The van der Waals surface area contributed by atoms with Gasteiger partial charge in [-0.3, -0.25) is 4.79 Å². The van der Waals surface area contributed by atoms with Crippen molar-refractivity contribution in [3.63, 3.8) is 0 Å². The first-order chi connectivity index (χ1) is 9.46. The van der Waals surface area contributed by atoms with Crippen molar-refractivity contribution in [3.8, 4) is 5.75 Å². The second-order valence-electron chi connectivity index (χ2n) is 4.52. The predicted molar refractivity (Wildman–Crippen MR) is 73.2 cm³/mol. The van der Waals surface area contributed by atoms with E-state index in [0.29, 0.717) is 0 Å². The third kappa shape index (κ3) is 5.43. The Morgan fingerprint density at radius 1 is 1.38 bits per heavy atom. The number of benzene rings is 1. The maximum Gasteiger partial charge on any atom is 0.573 e. The standard InChI is InChI=1S/C13H15F3N2O2.ClH/c14-13(15,16)20-11-6-2-1-4-9(11)8-18-12(19)10-5-3-7-17-10;/h1-2,4,6,10,17H,3,5,7-8H2,(H,18,19);1H/t10-;/m0./s1. The van der Waals surface area contributed by atoms with Crippen LogP contribution in [0.5, 0.6) is 5.75 Å². The van der Waals surface area contributed by atoms with Crippen LogP contribution in [0.15, 0.2) is 24.3 Å². The lowest BCUT2D eigenvalue weighted by Crippen LogP contribution is -2.40. The molecule has 0 aliphatic carbocycles. The molecule has 4 nitrogen and oxygen atoms in total. The Morgan fingerprint density at radius 2 is 2.10 bits per heavy atom. The summed E-state index contributed by atoms with van der Waals surface area (Å²) in [4.78, 5) is 11.8. The highest BCUT2D eigenvalue weighted by Crippen LogP contribution is 2.26. The predicted octanol–water partition coefficient (Wildman–Crippen LogP) is 2.38. The van der Waals surface area contributed by atoms with Crippen LogP contribution in [0.4, 0.5) is 13.2 Å². The van der Waals surface area contributed by atoms with Crippen LogP contribution in [0, 0.1) is 0 Å². The second-order valence-corrected chi connectivity index (χ2v) is 4.52. The minimum atomic E-state index is -4.74. The molecule has 0 bridgehead atoms. The maximum atomic E-state index is 12.2. The summed E-state index contributed by atoms with van der Waals surface area (Å²) in [6.07, 6.45) is -3.08. The summed E-state index contributed by atoms with van der Waals surface area (Å²) >= 11 is 0. The Morgan fingerprint density at radius 3 is 2.71 bits per heavy atom. The monoisotopic (exact) mass is 324 g/mol. The van der Waals surface area contributed by atoms with Gasteiger partial charge in [-0.25, -0.2) is 0 Å². The van der Waals surface area contributed by atoms with Gasteiger partial charge in [0.05, 0.1) is 6.04 Å². The van der Waals surface area contributed by atoms with E-state index in [-0.39, 0.29) is 42.2 Å². The van der Waals surface area contributed by atoms with Crippen LogP contribution in [0.25, 0.3) is 0 Å². The molecule has 2 N–H and O–H groups in total. The molecular formula is C13H16ClF3N2O2. The molecule has 0 saturated carbocycles. The molecule has 0 radical (unpaired) electrons. The molecule has 21 heavy (non-hydrogen) atoms. The molecule has 1 saturated heterocycles. The molecule has 1 aromatic carbocycles. The van der Waals surface area contributed by atoms with Crippen molar-refractivity contribution in [1.29, 1.82) is 0 Å². The van der Waals surface area contributed by atoms with Crippen molar-refractivity contribution in [2.24, 2.45) is 0 Å². The molecule has 0 aromatic heterocycles. The van der Waals surface area contributed by atoms with E-state index in [2.05, 4.69) is 15.4 Å². The average Bonchev–Trinajstić information content (AvgIpc) is 2.89. The van der Waals surface area contributed by atoms with Crippen molar-refractivity contribution >= 4 is 18.3 Å². The fourth-order valence-corrected chi connectivity index (χ4v) is 2.09. The highest BCUT2D eigenvalue weighted by atomic mass is 35.5. The zero-order chi connectivity index (χ0) is 14.6. The maximum absolute atomic E-state index is 12.2. The van der Waals surface area contributed by atoms with E-state index in [1.54, 1.807) is 6.07 Å². The molecular weight excluding hydrogens is 309 g/mol. The summed E-state index contributed by atoms with van der Waals surface area (Å²) in [5.74, 6) is -0.496. The van der Waals surface area contributed by atoms with E-state index in [1.165, 1.54) is 18.2 Å². The topological polar surface area (TPSA) is 50.4 Å². The van der Waals surface area contributed by atoms with Crippen LogP contribution in [0.2, 0.25) is 0 Å². The van der Waals surface area contributed by atoms with Crippen LogP contribution in [-0.4, -0.2) is 24.9 Å². The highest BCUT2D eigenvalue weighted by Gasteiger charge is 2.32. The van der Waals surface area contributed by atoms with Gasteiger partial charge in [0, 0.05) is 12.1 Å². The minimum Gasteiger partial charge on any atom is -0.405 e. The zero-order valence-corrected chi connectivity index (χ0v) is 11.9. The summed E-state index contributed by atoms with van der Waals surface area (Å²) in [5, 5.41) is 5.64. The largest absolute Gasteiger partial charge is 0.573 e. The Hall–Kier alpha value is -1.47. The van der Waals surface area contributed by atoms with Gasteiger partial charge < -0.3 is 15.4 Å². The number of carbonyl (C=O) groups is 1. The average molecular weight is 325 g/mol. The smallest absolute Gasteiger partial charge is 0.405 e. The van der Waals surface area contributed by atoms with Crippen molar-refractivity contribution in [3.05, 3.63) is 29.8 Å². The summed E-state index contributed by atoms with van der Waals surface area (Å²) in [7, 11) is 0. The number of alkyl halides is 3. The quantitative estimate of drug-likeness (QED) is 0.894. The van der Waals surface area contributed by atoms with E-state index in [4.69, 9.17) is 0 Å². The molecule has 1 aliphatic rings. The molecule has 1 aromatic rings. The van der Waals surface area contributed by atoms with E-state index >= 15 is 0 Å². The van der Waals surface area contributed by atoms with Crippen molar-refractivity contribution in [2.45, 2.75) is 31.8 Å². The van der Waals surface area contributed by atoms with Crippen LogP contribution >= 0.6 is 12.4 Å². The lowest BCUT2D eigenvalue weighted by molar-refractivity contribution is -0.274. The van der Waals surface area contributed by atoms with Crippen molar-refractivity contribution in [1.82, 2.24) is 10.6 Å². The van der Waals surface area contributed by atoms with Gasteiger partial charge in [-0.05, 0) is 25.5 Å². The molecule has 1 fully saturated rings. The number of ether oxygens (including phenoxy) is 1. The van der Waals surface area contributed by atoms with Gasteiger partial charge in [0.1, 0.15) is 5.75 Å². The number of hydrogen-bond donors (Lipinski definition) is 2. The third-order valence-corrected chi connectivity index (χ3v) is 3.03. The zero-order valence-electron chi connectivity index (χ0n) is 11.1. The van der Waals surface area contributed by atoms with Crippen LogP contribution in [-0.2, 0) is 11.3 Å². The number of rotatable bonds is 4. The number of carbonyl (C=O) groups excluding carboxylic acids is 1. The molecule has 0 spiro atoms. The summed E-state index contributed by atoms with van der Waals surface area (Å²) < 4.78 is 40.7. The fourth-order valence-electron chi connectivity index (χ4n) is 2.09. The molecule has 1 aliphatic heterocycles. The molecule has 2 rings (SSSR count). The molecule has 1 heterocycles. The number of para-hydroxylation sites is 1. The first kappa shape index (κ1) is 17.6. The number of hydrogen-bond acceptors (Lipinski definition) is 3. The van der Waals surface area contributed by atoms with Crippen molar-refractivity contribution < 1.29 is 22.7 Å². The van der Waals surface area contributed by atoms with Crippen LogP contribution < -0.4 is 15.4 Å². The van der Waals surface area contributed by atoms with Gasteiger partial charge in [0.25, 0.3) is 0 Å². The molecule has 118 valence electrons. The van der Waals surface area contributed by atoms with E-state index in [0.717, 1.165) is 19.4 Å². The first-order valence-electron chi connectivity index (χ1n) is 6.30. The molecule has 1 amide bonds. The summed E-state index contributed by atoms with van der Waals surface area (Å²) in [6, 6.07) is 5.50. The summed E-state index contributed by atoms with van der Waals surface area (Å²) in [6.45, 7) is 0.787. The molecule has 1 atom stereocenters.